The molecule has 1 fully saturated rings. The first kappa shape index (κ1) is 15.8. The van der Waals surface area contributed by atoms with Crippen LogP contribution in [-0.4, -0.2) is 13.3 Å². The lowest BCUT2D eigenvalue weighted by atomic mass is 9.97. The monoisotopic (exact) mass is 374 g/mol. The van der Waals surface area contributed by atoms with Gasteiger partial charge in [-0.2, -0.15) is 0 Å². The molecule has 0 radical (unpaired) electrons. The number of halogens is 1. The van der Waals surface area contributed by atoms with Crippen LogP contribution in [-0.2, 0) is 5.41 Å². The molecular weight excluding hydrogens is 355 g/mol. The zero-order chi connectivity index (χ0) is 18.7. The molecule has 0 atom stereocenters. The number of hydrogen-bond donors (Lipinski definition) is 1. The van der Waals surface area contributed by atoms with Gasteiger partial charge in [-0.1, -0.05) is 18.2 Å². The van der Waals surface area contributed by atoms with Crippen molar-refractivity contribution in [1.82, 2.24) is 0 Å². The zero-order valence-corrected chi connectivity index (χ0v) is 15.2. The molecule has 3 aliphatic rings. The summed E-state index contributed by atoms with van der Waals surface area (Å²) in [5.41, 5.74) is 4.06. The first-order valence-electron chi connectivity index (χ1n) is 9.58. The molecule has 2 aliphatic heterocycles. The molecule has 4 nitrogen and oxygen atoms in total. The minimum atomic E-state index is -0.372. The molecule has 140 valence electrons. The maximum atomic E-state index is 14.9. The van der Waals surface area contributed by atoms with Gasteiger partial charge in [-0.25, -0.2) is 4.39 Å². The fourth-order valence-corrected chi connectivity index (χ4v) is 4.27. The molecule has 5 heteroatoms. The second kappa shape index (κ2) is 5.64. The van der Waals surface area contributed by atoms with E-state index in [9.17, 15) is 4.39 Å². The molecule has 3 aromatic carbocycles. The van der Waals surface area contributed by atoms with Crippen LogP contribution in [0.4, 0.5) is 21.5 Å². The van der Waals surface area contributed by atoms with Gasteiger partial charge in [0.15, 0.2) is 11.6 Å². The van der Waals surface area contributed by atoms with Gasteiger partial charge in [0.25, 0.3) is 0 Å². The quantitative estimate of drug-likeness (QED) is 0.650. The third-order valence-electron chi connectivity index (χ3n) is 5.95. The van der Waals surface area contributed by atoms with E-state index in [4.69, 9.17) is 9.47 Å². The van der Waals surface area contributed by atoms with Crippen molar-refractivity contribution in [2.24, 2.45) is 0 Å². The van der Waals surface area contributed by atoms with E-state index in [2.05, 4.69) is 10.2 Å². The Morgan fingerprint density at radius 2 is 1.89 bits per heavy atom. The van der Waals surface area contributed by atoms with Crippen molar-refractivity contribution in [2.45, 2.75) is 18.3 Å². The zero-order valence-electron chi connectivity index (χ0n) is 15.2. The molecular formula is C23H19FN2O2. The standard InChI is InChI=1S/C23H19FN2O2/c24-16-12-15(26-14-25-17-4-1-2-5-18(17)26)8-9-19(16)28-21-7-3-6-20-22(21)23(10-11-23)13-27-20/h1-9,12,25H,10-11,13-14H2. The molecule has 2 heterocycles. The largest absolute Gasteiger partial charge is 0.492 e. The molecule has 6 rings (SSSR count). The van der Waals surface area contributed by atoms with E-state index in [1.54, 1.807) is 6.07 Å². The summed E-state index contributed by atoms with van der Waals surface area (Å²) in [6.07, 6.45) is 2.20. The minimum absolute atomic E-state index is 0.0767. The van der Waals surface area contributed by atoms with E-state index < -0.39 is 0 Å². The van der Waals surface area contributed by atoms with Crippen LogP contribution < -0.4 is 19.7 Å². The first-order valence-corrected chi connectivity index (χ1v) is 9.58. The molecule has 0 aromatic heterocycles. The van der Waals surface area contributed by atoms with Crippen molar-refractivity contribution in [3.05, 3.63) is 72.0 Å². The van der Waals surface area contributed by atoms with E-state index in [1.807, 2.05) is 48.5 Å². The van der Waals surface area contributed by atoms with Gasteiger partial charge in [0, 0.05) is 22.7 Å². The summed E-state index contributed by atoms with van der Waals surface area (Å²) in [4.78, 5) is 2.05. The second-order valence-corrected chi connectivity index (χ2v) is 7.70. The van der Waals surface area contributed by atoms with E-state index in [0.29, 0.717) is 19.0 Å². The maximum absolute atomic E-state index is 14.9. The Morgan fingerprint density at radius 3 is 2.75 bits per heavy atom. The van der Waals surface area contributed by atoms with Crippen molar-refractivity contribution in [3.63, 3.8) is 0 Å². The van der Waals surface area contributed by atoms with Crippen LogP contribution in [0.2, 0.25) is 0 Å². The summed E-state index contributed by atoms with van der Waals surface area (Å²) >= 11 is 0. The molecule has 3 aromatic rings. The molecule has 0 saturated heterocycles. The lowest BCUT2D eigenvalue weighted by molar-refractivity contribution is 0.323. The van der Waals surface area contributed by atoms with Crippen molar-refractivity contribution >= 4 is 17.1 Å². The maximum Gasteiger partial charge on any atom is 0.167 e. The van der Waals surface area contributed by atoms with Crippen LogP contribution in [0.5, 0.6) is 17.2 Å². The number of benzene rings is 3. The van der Waals surface area contributed by atoms with Crippen LogP contribution in [0.15, 0.2) is 60.7 Å². The van der Waals surface area contributed by atoms with Crippen molar-refractivity contribution in [1.29, 1.82) is 0 Å². The first-order chi connectivity index (χ1) is 13.7. The van der Waals surface area contributed by atoms with Gasteiger partial charge in [0.2, 0.25) is 0 Å². The Morgan fingerprint density at radius 1 is 1.00 bits per heavy atom. The van der Waals surface area contributed by atoms with Crippen LogP contribution >= 0.6 is 0 Å². The molecule has 1 N–H and O–H groups in total. The number of hydrogen-bond acceptors (Lipinski definition) is 4. The Hall–Kier alpha value is -3.21. The lowest BCUT2D eigenvalue weighted by Gasteiger charge is -2.19. The lowest BCUT2D eigenvalue weighted by Crippen LogP contribution is -2.16. The van der Waals surface area contributed by atoms with Crippen molar-refractivity contribution in [3.8, 4) is 17.2 Å². The molecule has 1 spiro atoms. The van der Waals surface area contributed by atoms with Crippen LogP contribution in [0.25, 0.3) is 0 Å². The molecule has 0 unspecified atom stereocenters. The van der Waals surface area contributed by atoms with Crippen LogP contribution in [0, 0.1) is 5.82 Å². The van der Waals surface area contributed by atoms with Gasteiger partial charge >= 0.3 is 0 Å². The Bertz CT molecular complexity index is 1090. The molecule has 0 bridgehead atoms. The second-order valence-electron chi connectivity index (χ2n) is 7.70. The highest BCUT2D eigenvalue weighted by Gasteiger charge is 2.52. The molecule has 1 saturated carbocycles. The SMILES string of the molecule is Fc1cc(N2CNc3ccccc32)ccc1Oc1cccc2c1C1(CC1)CO2. The number of rotatable bonds is 3. The van der Waals surface area contributed by atoms with Gasteiger partial charge in [-0.05, 0) is 49.2 Å². The summed E-state index contributed by atoms with van der Waals surface area (Å²) in [7, 11) is 0. The number of fused-ring (bicyclic) bond motifs is 3. The van der Waals surface area contributed by atoms with E-state index in [1.165, 1.54) is 6.07 Å². The van der Waals surface area contributed by atoms with Crippen LogP contribution in [0.1, 0.15) is 18.4 Å². The van der Waals surface area contributed by atoms with Crippen molar-refractivity contribution < 1.29 is 13.9 Å². The third kappa shape index (κ3) is 2.29. The van der Waals surface area contributed by atoms with Gasteiger partial charge in [0.05, 0.1) is 24.7 Å². The highest BCUT2D eigenvalue weighted by Crippen LogP contribution is 2.58. The highest BCUT2D eigenvalue weighted by atomic mass is 19.1. The molecule has 28 heavy (non-hydrogen) atoms. The minimum Gasteiger partial charge on any atom is -0.492 e. The third-order valence-corrected chi connectivity index (χ3v) is 5.95. The molecule has 0 amide bonds. The summed E-state index contributed by atoms with van der Waals surface area (Å²) in [6, 6.07) is 18.9. The predicted octanol–water partition coefficient (Wildman–Crippen LogP) is 5.56. The average molecular weight is 374 g/mol. The number of nitrogens with one attached hydrogen (secondary N) is 1. The number of ether oxygens (including phenoxy) is 2. The summed E-state index contributed by atoms with van der Waals surface area (Å²) in [5.74, 6) is 1.43. The Labute approximate surface area is 162 Å². The predicted molar refractivity (Wildman–Crippen MR) is 106 cm³/mol. The Kier molecular flexibility index (Phi) is 3.19. The van der Waals surface area contributed by atoms with Gasteiger partial charge in [-0.3, -0.25) is 0 Å². The van der Waals surface area contributed by atoms with E-state index in [0.717, 1.165) is 41.2 Å². The van der Waals surface area contributed by atoms with Gasteiger partial charge < -0.3 is 19.7 Å². The summed E-state index contributed by atoms with van der Waals surface area (Å²) in [5, 5.41) is 3.33. The van der Waals surface area contributed by atoms with E-state index >= 15 is 0 Å². The van der Waals surface area contributed by atoms with Gasteiger partial charge in [0.1, 0.15) is 11.5 Å². The topological polar surface area (TPSA) is 33.7 Å². The molecule has 1 aliphatic carbocycles. The van der Waals surface area contributed by atoms with Gasteiger partial charge in [-0.15, -0.1) is 0 Å². The number of para-hydroxylation sites is 2. The van der Waals surface area contributed by atoms with Crippen LogP contribution in [0.3, 0.4) is 0 Å². The Balaban J connectivity index is 1.32. The van der Waals surface area contributed by atoms with E-state index in [-0.39, 0.29) is 17.0 Å². The normalized spacial score (nSPS) is 17.7. The summed E-state index contributed by atoms with van der Waals surface area (Å²) < 4.78 is 26.8. The fourth-order valence-electron chi connectivity index (χ4n) is 4.27. The number of nitrogens with zero attached hydrogens (tertiary/aromatic N) is 1. The number of anilines is 3. The summed E-state index contributed by atoms with van der Waals surface area (Å²) in [6.45, 7) is 1.32. The van der Waals surface area contributed by atoms with Crippen molar-refractivity contribution in [2.75, 3.05) is 23.5 Å². The average Bonchev–Trinajstić information content (AvgIpc) is 3.21. The smallest absolute Gasteiger partial charge is 0.167 e. The highest BCUT2D eigenvalue weighted by molar-refractivity contribution is 5.81. The fraction of sp³-hybridized carbons (Fsp3) is 0.217.